The van der Waals surface area contributed by atoms with E-state index >= 15 is 0 Å². The molecule has 0 heterocycles. The molecule has 0 spiro atoms. The molecule has 0 aromatic rings. The van der Waals surface area contributed by atoms with Crippen LogP contribution in [-0.2, 0) is 38.1 Å². The Morgan fingerprint density at radius 1 is 0.575 bits per heavy atom. The van der Waals surface area contributed by atoms with Crippen LogP contribution in [0.4, 0.5) is 0 Å². The molecule has 0 aromatic heterocycles. The summed E-state index contributed by atoms with van der Waals surface area (Å²) in [6.07, 6.45) is 4.06. The lowest BCUT2D eigenvalue weighted by atomic mass is 9.36. The fraction of sp³-hybridized carbons (Fsp3) is 0.750. The van der Waals surface area contributed by atoms with Gasteiger partial charge in [0.1, 0.15) is 0 Å². The molecule has 8 heteroatoms. The smallest absolute Gasteiger partial charge is 0.333 e. The maximum Gasteiger partial charge on any atom is 0.333 e. The minimum absolute atomic E-state index is 0.0963. The zero-order chi connectivity index (χ0) is 30.4. The van der Waals surface area contributed by atoms with Crippen molar-refractivity contribution in [3.8, 4) is 0 Å². The van der Waals surface area contributed by atoms with Gasteiger partial charge in [0.2, 0.25) is 0 Å². The minimum Gasteiger partial charge on any atom is -0.465 e. The summed E-state index contributed by atoms with van der Waals surface area (Å²) in [4.78, 5) is 51.3. The first-order valence-corrected chi connectivity index (χ1v) is 14.2. The van der Waals surface area contributed by atoms with Crippen LogP contribution in [0.1, 0.15) is 93.9 Å². The summed E-state index contributed by atoms with van der Waals surface area (Å²) in [5, 5.41) is 0. The minimum atomic E-state index is -0.770. The third kappa shape index (κ3) is 6.98. The lowest BCUT2D eigenvalue weighted by Crippen LogP contribution is -2.64. The van der Waals surface area contributed by atoms with E-state index in [1.807, 2.05) is 27.7 Å². The first-order chi connectivity index (χ1) is 18.2. The van der Waals surface area contributed by atoms with Gasteiger partial charge in [0.25, 0.3) is 0 Å². The van der Waals surface area contributed by atoms with Crippen molar-refractivity contribution in [1.82, 2.24) is 0 Å². The van der Waals surface area contributed by atoms with Crippen molar-refractivity contribution >= 4 is 23.9 Å². The molecule has 4 aliphatic carbocycles. The molecule has 0 unspecified atom stereocenters. The molecule has 40 heavy (non-hydrogen) atoms. The fourth-order valence-electron chi connectivity index (χ4n) is 7.81. The molecule has 224 valence electrons. The lowest BCUT2D eigenvalue weighted by Gasteiger charge is -2.67. The maximum atomic E-state index is 13.8. The average molecular weight is 561 g/mol. The summed E-state index contributed by atoms with van der Waals surface area (Å²) in [5.41, 5.74) is -2.42. The zero-order valence-corrected chi connectivity index (χ0v) is 25.8. The van der Waals surface area contributed by atoms with Gasteiger partial charge in [-0.3, -0.25) is 9.59 Å². The highest BCUT2D eigenvalue weighted by atomic mass is 16.6. The van der Waals surface area contributed by atoms with Gasteiger partial charge in [0, 0.05) is 22.0 Å². The van der Waals surface area contributed by atoms with Crippen molar-refractivity contribution in [2.75, 3.05) is 26.4 Å². The van der Waals surface area contributed by atoms with Gasteiger partial charge in [-0.25, -0.2) is 9.59 Å². The van der Waals surface area contributed by atoms with Crippen molar-refractivity contribution in [3.05, 3.63) is 24.3 Å². The zero-order valence-electron chi connectivity index (χ0n) is 25.8. The average Bonchev–Trinajstić information content (AvgIpc) is 2.80. The molecule has 4 fully saturated rings. The normalized spacial score (nSPS) is 30.8. The number of ether oxygens (including phenoxy) is 4. The molecule has 8 nitrogen and oxygen atoms in total. The quantitative estimate of drug-likeness (QED) is 0.169. The van der Waals surface area contributed by atoms with Gasteiger partial charge in [-0.05, 0) is 63.2 Å². The maximum absolute atomic E-state index is 13.8. The highest BCUT2D eigenvalue weighted by molar-refractivity contribution is 5.87. The molecule has 4 saturated carbocycles. The second-order valence-corrected chi connectivity index (χ2v) is 15.4. The molecule has 0 N–H and O–H groups in total. The molecular weight excluding hydrogens is 512 g/mol. The van der Waals surface area contributed by atoms with Crippen LogP contribution in [0, 0.1) is 32.5 Å². The Morgan fingerprint density at radius 2 is 0.875 bits per heavy atom. The molecule has 0 atom stereocenters. The monoisotopic (exact) mass is 560 g/mol. The van der Waals surface area contributed by atoms with Gasteiger partial charge in [0.05, 0.1) is 37.3 Å². The summed E-state index contributed by atoms with van der Waals surface area (Å²) >= 11 is 0. The van der Waals surface area contributed by atoms with Crippen LogP contribution in [0.25, 0.3) is 0 Å². The van der Waals surface area contributed by atoms with Gasteiger partial charge < -0.3 is 18.9 Å². The molecule has 0 amide bonds. The number of hydrogen-bond acceptors (Lipinski definition) is 8. The Kier molecular flexibility index (Phi) is 8.48. The Labute approximate surface area is 239 Å². The van der Waals surface area contributed by atoms with Gasteiger partial charge in [-0.1, -0.05) is 54.7 Å². The topological polar surface area (TPSA) is 105 Å². The van der Waals surface area contributed by atoms with E-state index < -0.39 is 33.6 Å². The number of carbonyl (C=O) groups excluding carboxylic acids is 4. The van der Waals surface area contributed by atoms with E-state index in [2.05, 4.69) is 27.0 Å². The molecule has 0 radical (unpaired) electrons. The SMILES string of the molecule is C=C(C)C(=O)OCC(C)(C)COC(=O)C12CC3(C)CC(C)(C1)CC(C(=O)OCC(C)(C)COC(=O)C(=C)C)(C3)C2. The van der Waals surface area contributed by atoms with Crippen LogP contribution in [0.3, 0.4) is 0 Å². The molecule has 0 aromatic carbocycles. The van der Waals surface area contributed by atoms with Gasteiger partial charge in [0.15, 0.2) is 0 Å². The van der Waals surface area contributed by atoms with Crippen molar-refractivity contribution in [1.29, 1.82) is 0 Å². The summed E-state index contributed by atoms with van der Waals surface area (Å²) in [6.45, 7) is 22.6. The molecule has 4 rings (SSSR count). The Balaban J connectivity index is 1.72. The summed E-state index contributed by atoms with van der Waals surface area (Å²) in [7, 11) is 0. The van der Waals surface area contributed by atoms with E-state index in [1.54, 1.807) is 13.8 Å². The first kappa shape index (κ1) is 31.9. The van der Waals surface area contributed by atoms with Crippen molar-refractivity contribution in [3.63, 3.8) is 0 Å². The second kappa shape index (κ2) is 10.6. The summed E-state index contributed by atoms with van der Waals surface area (Å²) < 4.78 is 22.5. The van der Waals surface area contributed by atoms with E-state index in [4.69, 9.17) is 18.9 Å². The highest BCUT2D eigenvalue weighted by Crippen LogP contribution is 2.74. The van der Waals surface area contributed by atoms with Crippen LogP contribution in [0.5, 0.6) is 0 Å². The van der Waals surface area contributed by atoms with Gasteiger partial charge in [-0.2, -0.15) is 0 Å². The number of esters is 4. The third-order valence-electron chi connectivity index (χ3n) is 8.53. The van der Waals surface area contributed by atoms with Crippen LogP contribution in [-0.4, -0.2) is 50.3 Å². The molecule has 4 aliphatic rings. The summed E-state index contributed by atoms with van der Waals surface area (Å²) in [6, 6.07) is 0. The number of rotatable bonds is 12. The molecule has 0 saturated heterocycles. The lowest BCUT2D eigenvalue weighted by molar-refractivity contribution is -0.224. The van der Waals surface area contributed by atoms with Crippen molar-refractivity contribution < 1.29 is 38.1 Å². The number of carbonyl (C=O) groups is 4. The van der Waals surface area contributed by atoms with Gasteiger partial charge in [-0.15, -0.1) is 0 Å². The first-order valence-electron chi connectivity index (χ1n) is 14.2. The number of hydrogen-bond donors (Lipinski definition) is 0. The standard InChI is InChI=1S/C32H48O8/c1-21(2)23(33)37-17-27(5,6)19-39-25(35)31-12-29(9)11-30(10,13-31)15-32(14-29,16-31)26(36)40-20-28(7,8)18-38-24(34)22(3)4/h1,3,11-20H2,2,4-10H3. The van der Waals surface area contributed by atoms with Gasteiger partial charge >= 0.3 is 23.9 Å². The molecule has 4 bridgehead atoms. The highest BCUT2D eigenvalue weighted by Gasteiger charge is 2.71. The largest absolute Gasteiger partial charge is 0.465 e. The van der Waals surface area contributed by atoms with Crippen molar-refractivity contribution in [2.45, 2.75) is 93.9 Å². The van der Waals surface area contributed by atoms with Crippen LogP contribution in [0.15, 0.2) is 24.3 Å². The fourth-order valence-corrected chi connectivity index (χ4v) is 7.81. The van der Waals surface area contributed by atoms with E-state index in [9.17, 15) is 19.2 Å². The molecule has 0 aliphatic heterocycles. The van der Waals surface area contributed by atoms with Crippen molar-refractivity contribution in [2.24, 2.45) is 32.5 Å². The Hall–Kier alpha value is -2.64. The summed E-state index contributed by atoms with van der Waals surface area (Å²) in [5.74, 6) is -1.52. The van der Waals surface area contributed by atoms with E-state index in [0.29, 0.717) is 43.3 Å². The second-order valence-electron chi connectivity index (χ2n) is 15.4. The van der Waals surface area contributed by atoms with Crippen LogP contribution >= 0.6 is 0 Å². The van der Waals surface area contributed by atoms with Crippen LogP contribution in [0.2, 0.25) is 0 Å². The third-order valence-corrected chi connectivity index (χ3v) is 8.53. The van der Waals surface area contributed by atoms with E-state index in [1.165, 1.54) is 0 Å². The predicted octanol–water partition coefficient (Wildman–Crippen LogP) is 5.73. The van der Waals surface area contributed by atoms with E-state index in [0.717, 1.165) is 6.42 Å². The Morgan fingerprint density at radius 3 is 1.18 bits per heavy atom. The Bertz CT molecular complexity index is 998. The van der Waals surface area contributed by atoms with E-state index in [-0.39, 0.29) is 49.2 Å². The van der Waals surface area contributed by atoms with Crippen LogP contribution < -0.4 is 0 Å². The molecular formula is C32H48O8. The predicted molar refractivity (Wildman–Crippen MR) is 150 cm³/mol.